The van der Waals surface area contributed by atoms with Gasteiger partial charge in [0.2, 0.25) is 0 Å². The van der Waals surface area contributed by atoms with Crippen molar-refractivity contribution >= 4 is 34.8 Å². The number of nitrogens with zero attached hydrogens (tertiary/aromatic N) is 1. The van der Waals surface area contributed by atoms with Crippen LogP contribution in [-0.2, 0) is 19.0 Å². The van der Waals surface area contributed by atoms with Crippen LogP contribution >= 0.6 is 0 Å². The van der Waals surface area contributed by atoms with Gasteiger partial charge in [-0.05, 0) is 0 Å². The molecule has 3 aromatic carbocycles. The zero-order valence-corrected chi connectivity index (χ0v) is 22.5. The molecule has 0 aliphatic carbocycles. The zero-order valence-electron chi connectivity index (χ0n) is 19.6. The molecule has 2 aliphatic heterocycles. The van der Waals surface area contributed by atoms with Crippen molar-refractivity contribution in [2.75, 3.05) is 20.3 Å². The summed E-state index contributed by atoms with van der Waals surface area (Å²) in [6.45, 7) is 5.20. The van der Waals surface area contributed by atoms with Crippen molar-refractivity contribution in [3.63, 3.8) is 0 Å². The summed E-state index contributed by atoms with van der Waals surface area (Å²) in [5, 5.41) is 14.8. The SMILES string of the molecule is C=[C](CO[C@H]1/C(=N/OC)[C@H](O)[C@H]2CO[C@@H]1O2)[Sn]([c]1ccccc1)([c]1ccccc1)[c]1ccccc1. The summed E-state index contributed by atoms with van der Waals surface area (Å²) in [5.74, 6) is 0. The molecule has 7 heteroatoms. The Morgan fingerprint density at radius 2 is 1.46 bits per heavy atom. The van der Waals surface area contributed by atoms with Gasteiger partial charge in [-0.3, -0.25) is 0 Å². The van der Waals surface area contributed by atoms with Crippen molar-refractivity contribution in [1.29, 1.82) is 0 Å². The number of benzene rings is 3. The number of oxime groups is 1. The van der Waals surface area contributed by atoms with Crippen molar-refractivity contribution in [3.05, 3.63) is 101 Å². The van der Waals surface area contributed by atoms with E-state index in [9.17, 15) is 5.11 Å². The van der Waals surface area contributed by atoms with Crippen LogP contribution < -0.4 is 10.7 Å². The summed E-state index contributed by atoms with van der Waals surface area (Å²) in [4.78, 5) is 5.02. The van der Waals surface area contributed by atoms with Gasteiger partial charge in [-0.25, -0.2) is 0 Å². The standard InChI is InChI=1S/C10H14NO5.3C6H5.Sn/c1-3-4-14-9-7(11-13-2)8(12)6-5-15-10(9)16-6;3*1-2-4-6-5-3-1;/h6,8-10,12H,1,4-5H2,2H3;3*1-5H;/b11-7+;;;;/t6-,8-,9+,10-;;;;/m1..../s1. The molecule has 2 fully saturated rings. The van der Waals surface area contributed by atoms with Gasteiger partial charge >= 0.3 is 210 Å². The molecular weight excluding hydrogens is 549 g/mol. The molecule has 180 valence electrons. The molecule has 0 saturated carbocycles. The Bertz CT molecular complexity index is 1080. The fourth-order valence-electron chi connectivity index (χ4n) is 5.11. The molecule has 35 heavy (non-hydrogen) atoms. The van der Waals surface area contributed by atoms with E-state index in [0.717, 1.165) is 3.59 Å². The van der Waals surface area contributed by atoms with Crippen molar-refractivity contribution in [2.45, 2.75) is 24.6 Å². The monoisotopic (exact) mass is 579 g/mol. The van der Waals surface area contributed by atoms with E-state index in [-0.39, 0.29) is 13.2 Å². The molecule has 0 spiro atoms. The van der Waals surface area contributed by atoms with E-state index in [0.29, 0.717) is 5.71 Å². The van der Waals surface area contributed by atoms with E-state index < -0.39 is 43.0 Å². The van der Waals surface area contributed by atoms with Gasteiger partial charge in [-0.15, -0.1) is 0 Å². The number of hydrogen-bond donors (Lipinski definition) is 1. The van der Waals surface area contributed by atoms with E-state index in [2.05, 4.69) is 84.5 Å². The number of aliphatic hydroxyl groups is 1. The Morgan fingerprint density at radius 3 is 1.94 bits per heavy atom. The number of fused-ring (bicyclic) bond motifs is 2. The van der Waals surface area contributed by atoms with Crippen molar-refractivity contribution in [1.82, 2.24) is 0 Å². The van der Waals surface area contributed by atoms with Crippen LogP contribution in [-0.4, -0.2) is 74.1 Å². The third-order valence-corrected chi connectivity index (χ3v) is 20.4. The Balaban J connectivity index is 1.56. The van der Waals surface area contributed by atoms with Crippen molar-refractivity contribution in [2.24, 2.45) is 5.16 Å². The van der Waals surface area contributed by atoms with E-state index in [1.165, 1.54) is 17.8 Å². The van der Waals surface area contributed by atoms with Crippen LogP contribution in [0.5, 0.6) is 0 Å². The van der Waals surface area contributed by atoms with Crippen LogP contribution in [0.3, 0.4) is 0 Å². The molecule has 2 aliphatic rings. The second-order valence-electron chi connectivity index (χ2n) is 8.70. The van der Waals surface area contributed by atoms with Gasteiger partial charge in [0.15, 0.2) is 0 Å². The van der Waals surface area contributed by atoms with Gasteiger partial charge in [0.1, 0.15) is 0 Å². The van der Waals surface area contributed by atoms with Crippen LogP contribution in [0.4, 0.5) is 0 Å². The summed E-state index contributed by atoms with van der Waals surface area (Å²) in [6.07, 6.45) is -2.74. The first kappa shape index (κ1) is 24.2. The van der Waals surface area contributed by atoms with Gasteiger partial charge < -0.3 is 0 Å². The van der Waals surface area contributed by atoms with Crippen molar-refractivity contribution < 1.29 is 24.2 Å². The molecule has 2 heterocycles. The van der Waals surface area contributed by atoms with Gasteiger partial charge in [0.25, 0.3) is 0 Å². The Labute approximate surface area is 209 Å². The molecule has 0 unspecified atom stereocenters. The van der Waals surface area contributed by atoms with Gasteiger partial charge in [0, 0.05) is 0 Å². The number of rotatable bonds is 8. The maximum absolute atomic E-state index is 10.7. The summed E-state index contributed by atoms with van der Waals surface area (Å²) in [5.41, 5.74) is 0.388. The summed E-state index contributed by atoms with van der Waals surface area (Å²) < 4.78 is 22.9. The second kappa shape index (κ2) is 10.6. The average Bonchev–Trinajstić information content (AvgIpc) is 3.36. The number of aliphatic hydroxyl groups excluding tert-OH is 1. The predicted molar refractivity (Wildman–Crippen MR) is 138 cm³/mol. The molecular formula is C28H29NO5Sn. The molecule has 0 amide bonds. The van der Waals surface area contributed by atoms with E-state index in [1.807, 2.05) is 18.2 Å². The van der Waals surface area contributed by atoms with E-state index in [1.54, 1.807) is 0 Å². The maximum atomic E-state index is 10.7. The molecule has 3 aromatic rings. The average molecular weight is 578 g/mol. The molecule has 1 N–H and O–H groups in total. The molecule has 2 saturated heterocycles. The molecule has 4 atom stereocenters. The normalized spacial score (nSPS) is 24.9. The Kier molecular flexibility index (Phi) is 7.36. The summed E-state index contributed by atoms with van der Waals surface area (Å²) >= 11 is -3.78. The first-order valence-corrected chi connectivity index (χ1v) is 17.4. The number of ether oxygens (including phenoxy) is 3. The molecule has 2 bridgehead atoms. The van der Waals surface area contributed by atoms with Crippen LogP contribution in [0, 0.1) is 0 Å². The number of hydrogen-bond acceptors (Lipinski definition) is 6. The quantitative estimate of drug-likeness (QED) is 0.326. The predicted octanol–water partition coefficient (Wildman–Crippen LogP) is 1.76. The van der Waals surface area contributed by atoms with Crippen LogP contribution in [0.15, 0.2) is 106 Å². The van der Waals surface area contributed by atoms with Crippen LogP contribution in [0.2, 0.25) is 0 Å². The topological polar surface area (TPSA) is 69.5 Å². The molecule has 0 aromatic heterocycles. The summed E-state index contributed by atoms with van der Waals surface area (Å²) in [6, 6.07) is 31.9. The molecule has 5 rings (SSSR count). The first-order valence-electron chi connectivity index (χ1n) is 11.7. The second-order valence-corrected chi connectivity index (χ2v) is 19.9. The Hall–Kier alpha value is -2.49. The Morgan fingerprint density at radius 1 is 0.943 bits per heavy atom. The fraction of sp³-hybridized carbons (Fsp3) is 0.250. The van der Waals surface area contributed by atoms with Gasteiger partial charge in [-0.1, -0.05) is 0 Å². The van der Waals surface area contributed by atoms with Crippen molar-refractivity contribution in [3.8, 4) is 0 Å². The molecule has 0 radical (unpaired) electrons. The minimum absolute atomic E-state index is 0.267. The zero-order chi connectivity index (χ0) is 24.3. The van der Waals surface area contributed by atoms with E-state index >= 15 is 0 Å². The summed E-state index contributed by atoms with van der Waals surface area (Å²) in [7, 11) is 1.45. The van der Waals surface area contributed by atoms with Crippen LogP contribution in [0.25, 0.3) is 0 Å². The minimum atomic E-state index is -3.78. The van der Waals surface area contributed by atoms with Crippen LogP contribution in [0.1, 0.15) is 0 Å². The molecule has 6 nitrogen and oxygen atoms in total. The van der Waals surface area contributed by atoms with Gasteiger partial charge in [0.05, 0.1) is 0 Å². The van der Waals surface area contributed by atoms with Gasteiger partial charge in [-0.2, -0.15) is 0 Å². The fourth-order valence-corrected chi connectivity index (χ4v) is 18.2. The first-order chi connectivity index (χ1) is 17.2. The third-order valence-electron chi connectivity index (χ3n) is 6.71. The third kappa shape index (κ3) is 4.45. The van der Waals surface area contributed by atoms with E-state index in [4.69, 9.17) is 19.0 Å².